The van der Waals surface area contributed by atoms with Crippen LogP contribution in [-0.4, -0.2) is 17.5 Å². The number of rotatable bonds is 7. The summed E-state index contributed by atoms with van der Waals surface area (Å²) in [6.07, 6.45) is 1.99. The summed E-state index contributed by atoms with van der Waals surface area (Å²) in [6.45, 7) is 9.74. The molecule has 1 N–H and O–H groups in total. The second kappa shape index (κ2) is 6.66. The molecule has 4 heteroatoms. The van der Waals surface area contributed by atoms with Gasteiger partial charge in [-0.2, -0.15) is 0 Å². The molecule has 1 aromatic rings. The minimum Gasteiger partial charge on any atom is -0.313 e. The fraction of sp³-hybridized carbons (Fsp3) is 0.600. The standard InChI is InChI=1S/C15H24N2O2/c1-5-15(3,4)14(16-6-2)11-12-7-9-13(10-8-12)17(18)19/h7-10,14,16H,5-6,11H2,1-4H3. The van der Waals surface area contributed by atoms with Crippen LogP contribution in [0.15, 0.2) is 24.3 Å². The normalized spacial score (nSPS) is 13.3. The van der Waals surface area contributed by atoms with E-state index in [0.29, 0.717) is 6.04 Å². The maximum Gasteiger partial charge on any atom is 0.269 e. The number of hydrogen-bond acceptors (Lipinski definition) is 3. The van der Waals surface area contributed by atoms with E-state index in [9.17, 15) is 10.1 Å². The van der Waals surface area contributed by atoms with Crippen molar-refractivity contribution in [2.45, 2.75) is 46.6 Å². The molecular formula is C15H24N2O2. The quantitative estimate of drug-likeness (QED) is 0.605. The highest BCUT2D eigenvalue weighted by Crippen LogP contribution is 2.27. The average Bonchev–Trinajstić information content (AvgIpc) is 2.38. The second-order valence-electron chi connectivity index (χ2n) is 5.58. The molecule has 0 saturated heterocycles. The predicted octanol–water partition coefficient (Wildman–Crippen LogP) is 3.55. The molecule has 0 radical (unpaired) electrons. The van der Waals surface area contributed by atoms with Gasteiger partial charge < -0.3 is 5.32 Å². The van der Waals surface area contributed by atoms with Gasteiger partial charge in [-0.05, 0) is 30.4 Å². The van der Waals surface area contributed by atoms with Gasteiger partial charge in [-0.1, -0.05) is 39.8 Å². The van der Waals surface area contributed by atoms with Crippen molar-refractivity contribution in [3.63, 3.8) is 0 Å². The Morgan fingerprint density at radius 2 is 1.84 bits per heavy atom. The number of likely N-dealkylation sites (N-methyl/N-ethyl adjacent to an activating group) is 1. The van der Waals surface area contributed by atoms with Crippen LogP contribution >= 0.6 is 0 Å². The minimum atomic E-state index is -0.360. The van der Waals surface area contributed by atoms with Crippen molar-refractivity contribution >= 4 is 5.69 Å². The lowest BCUT2D eigenvalue weighted by atomic mass is 9.79. The maximum absolute atomic E-state index is 10.6. The summed E-state index contributed by atoms with van der Waals surface area (Å²) in [4.78, 5) is 10.3. The summed E-state index contributed by atoms with van der Waals surface area (Å²) in [5.41, 5.74) is 1.49. The zero-order chi connectivity index (χ0) is 14.5. The van der Waals surface area contributed by atoms with Gasteiger partial charge in [0.05, 0.1) is 4.92 Å². The Balaban J connectivity index is 2.82. The van der Waals surface area contributed by atoms with Gasteiger partial charge in [0.25, 0.3) is 5.69 Å². The molecule has 0 aliphatic carbocycles. The number of benzene rings is 1. The van der Waals surface area contributed by atoms with Gasteiger partial charge in [-0.3, -0.25) is 10.1 Å². The Bertz CT molecular complexity index is 413. The molecule has 19 heavy (non-hydrogen) atoms. The molecule has 0 fully saturated rings. The molecule has 4 nitrogen and oxygen atoms in total. The number of hydrogen-bond donors (Lipinski definition) is 1. The highest BCUT2D eigenvalue weighted by Gasteiger charge is 2.27. The fourth-order valence-electron chi connectivity index (χ4n) is 2.11. The monoisotopic (exact) mass is 264 g/mol. The summed E-state index contributed by atoms with van der Waals surface area (Å²) in [5.74, 6) is 0. The van der Waals surface area contributed by atoms with Gasteiger partial charge >= 0.3 is 0 Å². The topological polar surface area (TPSA) is 55.2 Å². The third kappa shape index (κ3) is 4.31. The Kier molecular flexibility index (Phi) is 5.48. The summed E-state index contributed by atoms with van der Waals surface area (Å²) in [6, 6.07) is 7.25. The molecule has 0 saturated carbocycles. The Labute approximate surface area is 115 Å². The van der Waals surface area contributed by atoms with Crippen molar-refractivity contribution in [1.82, 2.24) is 5.32 Å². The van der Waals surface area contributed by atoms with Crippen molar-refractivity contribution in [1.29, 1.82) is 0 Å². The Hall–Kier alpha value is -1.42. The molecular weight excluding hydrogens is 240 g/mol. The van der Waals surface area contributed by atoms with Crippen LogP contribution < -0.4 is 5.32 Å². The van der Waals surface area contributed by atoms with Crippen molar-refractivity contribution in [2.24, 2.45) is 5.41 Å². The number of nitrogens with zero attached hydrogens (tertiary/aromatic N) is 1. The lowest BCUT2D eigenvalue weighted by Crippen LogP contribution is -2.43. The molecule has 106 valence electrons. The molecule has 1 unspecified atom stereocenters. The van der Waals surface area contributed by atoms with E-state index >= 15 is 0 Å². The van der Waals surface area contributed by atoms with Gasteiger partial charge in [-0.15, -0.1) is 0 Å². The van der Waals surface area contributed by atoms with Gasteiger partial charge in [0.2, 0.25) is 0 Å². The zero-order valence-corrected chi connectivity index (χ0v) is 12.3. The van der Waals surface area contributed by atoms with Gasteiger partial charge in [0.1, 0.15) is 0 Å². The van der Waals surface area contributed by atoms with Crippen LogP contribution in [0.5, 0.6) is 0 Å². The molecule has 0 bridgehead atoms. The highest BCUT2D eigenvalue weighted by molar-refractivity contribution is 5.33. The van der Waals surface area contributed by atoms with E-state index in [1.807, 2.05) is 12.1 Å². The number of nitrogens with one attached hydrogen (secondary N) is 1. The van der Waals surface area contributed by atoms with Gasteiger partial charge in [0.15, 0.2) is 0 Å². The van der Waals surface area contributed by atoms with Crippen LogP contribution in [0, 0.1) is 15.5 Å². The van der Waals surface area contributed by atoms with Crippen molar-refractivity contribution in [2.75, 3.05) is 6.54 Å². The summed E-state index contributed by atoms with van der Waals surface area (Å²) in [7, 11) is 0. The average molecular weight is 264 g/mol. The van der Waals surface area contributed by atoms with Crippen LogP contribution in [0.2, 0.25) is 0 Å². The van der Waals surface area contributed by atoms with Crippen LogP contribution in [-0.2, 0) is 6.42 Å². The molecule has 0 heterocycles. The molecule has 0 aromatic heterocycles. The third-order valence-electron chi connectivity index (χ3n) is 3.89. The van der Waals surface area contributed by atoms with Crippen LogP contribution in [0.1, 0.15) is 39.7 Å². The number of nitro benzene ring substituents is 1. The van der Waals surface area contributed by atoms with Crippen molar-refractivity contribution in [3.8, 4) is 0 Å². The lowest BCUT2D eigenvalue weighted by molar-refractivity contribution is -0.384. The molecule has 0 spiro atoms. The summed E-state index contributed by atoms with van der Waals surface area (Å²) in [5, 5.41) is 14.2. The van der Waals surface area contributed by atoms with Gasteiger partial charge in [0, 0.05) is 18.2 Å². The summed E-state index contributed by atoms with van der Waals surface area (Å²) >= 11 is 0. The molecule has 0 aliphatic rings. The number of non-ortho nitro benzene ring substituents is 1. The maximum atomic E-state index is 10.6. The molecule has 1 aromatic carbocycles. The van der Waals surface area contributed by atoms with E-state index in [1.165, 1.54) is 0 Å². The summed E-state index contributed by atoms with van der Waals surface area (Å²) < 4.78 is 0. The zero-order valence-electron chi connectivity index (χ0n) is 12.3. The minimum absolute atomic E-state index is 0.151. The highest BCUT2D eigenvalue weighted by atomic mass is 16.6. The first-order chi connectivity index (χ1) is 8.90. The first-order valence-corrected chi connectivity index (χ1v) is 6.87. The lowest BCUT2D eigenvalue weighted by Gasteiger charge is -2.34. The van der Waals surface area contributed by atoms with Crippen LogP contribution in [0.3, 0.4) is 0 Å². The van der Waals surface area contributed by atoms with Gasteiger partial charge in [-0.25, -0.2) is 0 Å². The predicted molar refractivity (Wildman–Crippen MR) is 78.3 cm³/mol. The van der Waals surface area contributed by atoms with Crippen molar-refractivity contribution < 1.29 is 4.92 Å². The third-order valence-corrected chi connectivity index (χ3v) is 3.89. The van der Waals surface area contributed by atoms with E-state index in [0.717, 1.165) is 24.9 Å². The second-order valence-corrected chi connectivity index (χ2v) is 5.58. The molecule has 1 rings (SSSR count). The smallest absolute Gasteiger partial charge is 0.269 e. The molecule has 0 amide bonds. The molecule has 1 atom stereocenters. The van der Waals surface area contributed by atoms with Crippen LogP contribution in [0.25, 0.3) is 0 Å². The largest absolute Gasteiger partial charge is 0.313 e. The van der Waals surface area contributed by atoms with E-state index < -0.39 is 0 Å². The van der Waals surface area contributed by atoms with Crippen molar-refractivity contribution in [3.05, 3.63) is 39.9 Å². The van der Waals surface area contributed by atoms with E-state index in [1.54, 1.807) is 12.1 Å². The number of nitro groups is 1. The molecule has 0 aliphatic heterocycles. The van der Waals surface area contributed by atoms with E-state index in [4.69, 9.17) is 0 Å². The van der Waals surface area contributed by atoms with E-state index in [-0.39, 0.29) is 16.0 Å². The Morgan fingerprint density at radius 1 is 1.26 bits per heavy atom. The van der Waals surface area contributed by atoms with E-state index in [2.05, 4.69) is 33.0 Å². The fourth-order valence-corrected chi connectivity index (χ4v) is 2.11. The first-order valence-electron chi connectivity index (χ1n) is 6.87. The van der Waals surface area contributed by atoms with Crippen LogP contribution in [0.4, 0.5) is 5.69 Å². The Morgan fingerprint density at radius 3 is 2.26 bits per heavy atom. The first kappa shape index (κ1) is 15.6. The SMILES string of the molecule is CCNC(Cc1ccc([N+](=O)[O-])cc1)C(C)(C)CC.